The van der Waals surface area contributed by atoms with Gasteiger partial charge >= 0.3 is 0 Å². The molecule has 0 atom stereocenters. The summed E-state index contributed by atoms with van der Waals surface area (Å²) in [6.45, 7) is 7.14. The van der Waals surface area contributed by atoms with E-state index in [0.29, 0.717) is 0 Å². The van der Waals surface area contributed by atoms with E-state index in [9.17, 15) is 0 Å². The lowest BCUT2D eigenvalue weighted by Crippen LogP contribution is -2.09. The first-order chi connectivity index (χ1) is 9.24. The molecule has 0 spiro atoms. The average molecular weight is 256 g/mol. The van der Waals surface area contributed by atoms with Crippen molar-refractivity contribution in [1.82, 2.24) is 15.0 Å². The van der Waals surface area contributed by atoms with Gasteiger partial charge in [0, 0.05) is 36.6 Å². The Morgan fingerprint density at radius 1 is 1.21 bits per heavy atom. The molecule has 0 aliphatic rings. The van der Waals surface area contributed by atoms with Crippen LogP contribution in [0.4, 0.5) is 5.82 Å². The summed E-state index contributed by atoms with van der Waals surface area (Å²) in [6, 6.07) is 3.99. The second kappa shape index (κ2) is 6.27. The van der Waals surface area contributed by atoms with Crippen molar-refractivity contribution >= 4 is 5.82 Å². The molecular formula is C15H20N4. The van der Waals surface area contributed by atoms with Crippen molar-refractivity contribution in [3.63, 3.8) is 0 Å². The van der Waals surface area contributed by atoms with E-state index in [-0.39, 0.29) is 0 Å². The van der Waals surface area contributed by atoms with Crippen LogP contribution in [0.5, 0.6) is 0 Å². The van der Waals surface area contributed by atoms with E-state index in [1.807, 2.05) is 12.3 Å². The molecule has 19 heavy (non-hydrogen) atoms. The summed E-state index contributed by atoms with van der Waals surface area (Å²) in [6.07, 6.45) is 5.29. The summed E-state index contributed by atoms with van der Waals surface area (Å²) in [7, 11) is 0. The molecule has 100 valence electrons. The molecule has 2 rings (SSSR count). The Labute approximate surface area is 114 Å². The number of rotatable bonds is 5. The number of nitrogens with one attached hydrogen (secondary N) is 1. The normalized spacial score (nSPS) is 10.5. The van der Waals surface area contributed by atoms with Crippen LogP contribution in [0.2, 0.25) is 0 Å². The van der Waals surface area contributed by atoms with E-state index in [4.69, 9.17) is 0 Å². The molecule has 0 saturated heterocycles. The van der Waals surface area contributed by atoms with Gasteiger partial charge in [0.25, 0.3) is 0 Å². The van der Waals surface area contributed by atoms with Crippen molar-refractivity contribution in [3.8, 4) is 0 Å². The summed E-state index contributed by atoms with van der Waals surface area (Å²) in [4.78, 5) is 13.4. The first kappa shape index (κ1) is 13.5. The maximum absolute atomic E-state index is 4.65. The minimum absolute atomic E-state index is 0.722. The fourth-order valence-corrected chi connectivity index (χ4v) is 2.06. The van der Waals surface area contributed by atoms with Crippen molar-refractivity contribution in [1.29, 1.82) is 0 Å². The molecule has 0 aliphatic heterocycles. The van der Waals surface area contributed by atoms with Crippen LogP contribution in [0.1, 0.15) is 36.5 Å². The molecule has 0 amide bonds. The van der Waals surface area contributed by atoms with E-state index in [0.717, 1.165) is 47.8 Å². The Morgan fingerprint density at radius 2 is 2.05 bits per heavy atom. The SMILES string of the molecule is CCNc1nc(Cc2cccnc2)nc(CC)c1C. The zero-order valence-corrected chi connectivity index (χ0v) is 11.8. The van der Waals surface area contributed by atoms with Gasteiger partial charge in [0.1, 0.15) is 11.6 Å². The number of aromatic nitrogens is 3. The van der Waals surface area contributed by atoms with Gasteiger partial charge in [-0.25, -0.2) is 9.97 Å². The standard InChI is InChI=1S/C15H20N4/c1-4-13-11(3)15(17-5-2)19-14(18-13)9-12-7-6-8-16-10-12/h6-8,10H,4-5,9H2,1-3H3,(H,17,18,19). The van der Waals surface area contributed by atoms with Gasteiger partial charge in [-0.15, -0.1) is 0 Å². The molecule has 0 bridgehead atoms. The Bertz CT molecular complexity index is 537. The fourth-order valence-electron chi connectivity index (χ4n) is 2.06. The monoisotopic (exact) mass is 256 g/mol. The topological polar surface area (TPSA) is 50.7 Å². The van der Waals surface area contributed by atoms with Crippen molar-refractivity contribution in [2.45, 2.75) is 33.6 Å². The molecule has 0 unspecified atom stereocenters. The quantitative estimate of drug-likeness (QED) is 0.893. The second-order valence-corrected chi connectivity index (χ2v) is 4.48. The maximum atomic E-state index is 4.65. The van der Waals surface area contributed by atoms with Crippen LogP contribution in [0, 0.1) is 6.92 Å². The largest absolute Gasteiger partial charge is 0.370 e. The lowest BCUT2D eigenvalue weighted by molar-refractivity contribution is 0.884. The summed E-state index contributed by atoms with van der Waals surface area (Å²) in [5.41, 5.74) is 3.40. The first-order valence-electron chi connectivity index (χ1n) is 6.73. The van der Waals surface area contributed by atoms with Crippen LogP contribution < -0.4 is 5.32 Å². The highest BCUT2D eigenvalue weighted by molar-refractivity contribution is 5.46. The highest BCUT2D eigenvalue weighted by Gasteiger charge is 2.09. The van der Waals surface area contributed by atoms with Gasteiger partial charge in [-0.2, -0.15) is 0 Å². The molecule has 2 aromatic heterocycles. The van der Waals surface area contributed by atoms with Crippen molar-refractivity contribution in [2.24, 2.45) is 0 Å². The second-order valence-electron chi connectivity index (χ2n) is 4.48. The maximum Gasteiger partial charge on any atom is 0.135 e. The first-order valence-corrected chi connectivity index (χ1v) is 6.73. The van der Waals surface area contributed by atoms with Crippen LogP contribution in [-0.4, -0.2) is 21.5 Å². The number of anilines is 1. The van der Waals surface area contributed by atoms with Crippen LogP contribution in [-0.2, 0) is 12.8 Å². The third-order valence-electron chi connectivity index (χ3n) is 3.06. The predicted molar refractivity (Wildman–Crippen MR) is 77.4 cm³/mol. The minimum atomic E-state index is 0.722. The summed E-state index contributed by atoms with van der Waals surface area (Å²) >= 11 is 0. The molecule has 2 heterocycles. The molecule has 4 heteroatoms. The zero-order chi connectivity index (χ0) is 13.7. The Balaban J connectivity index is 2.32. The van der Waals surface area contributed by atoms with Gasteiger partial charge in [0.05, 0.1) is 0 Å². The highest BCUT2D eigenvalue weighted by atomic mass is 15.0. The number of hydrogen-bond acceptors (Lipinski definition) is 4. The molecular weight excluding hydrogens is 236 g/mol. The summed E-state index contributed by atoms with van der Waals surface area (Å²) in [5, 5.41) is 3.31. The summed E-state index contributed by atoms with van der Waals surface area (Å²) < 4.78 is 0. The number of aryl methyl sites for hydroxylation is 1. The van der Waals surface area contributed by atoms with Gasteiger partial charge < -0.3 is 5.32 Å². The highest BCUT2D eigenvalue weighted by Crippen LogP contribution is 2.17. The van der Waals surface area contributed by atoms with Crippen LogP contribution >= 0.6 is 0 Å². The van der Waals surface area contributed by atoms with Gasteiger partial charge in [-0.05, 0) is 31.9 Å². The van der Waals surface area contributed by atoms with Crippen LogP contribution in [0.3, 0.4) is 0 Å². The van der Waals surface area contributed by atoms with Gasteiger partial charge in [0.2, 0.25) is 0 Å². The smallest absolute Gasteiger partial charge is 0.135 e. The van der Waals surface area contributed by atoms with Crippen molar-refractivity contribution in [2.75, 3.05) is 11.9 Å². The lowest BCUT2D eigenvalue weighted by Gasteiger charge is -2.12. The molecule has 0 aliphatic carbocycles. The number of pyridine rings is 1. The van der Waals surface area contributed by atoms with Gasteiger partial charge in [0.15, 0.2) is 0 Å². The lowest BCUT2D eigenvalue weighted by atomic mass is 10.1. The minimum Gasteiger partial charge on any atom is -0.370 e. The van der Waals surface area contributed by atoms with Crippen LogP contribution in [0.15, 0.2) is 24.5 Å². The van der Waals surface area contributed by atoms with Crippen LogP contribution in [0.25, 0.3) is 0 Å². The van der Waals surface area contributed by atoms with E-state index < -0.39 is 0 Å². The van der Waals surface area contributed by atoms with Gasteiger partial charge in [-0.1, -0.05) is 13.0 Å². The molecule has 0 fully saturated rings. The molecule has 0 aromatic carbocycles. The Hall–Kier alpha value is -1.97. The number of hydrogen-bond donors (Lipinski definition) is 1. The Morgan fingerprint density at radius 3 is 2.68 bits per heavy atom. The van der Waals surface area contributed by atoms with Crippen molar-refractivity contribution in [3.05, 3.63) is 47.2 Å². The molecule has 2 aromatic rings. The van der Waals surface area contributed by atoms with E-state index in [1.165, 1.54) is 0 Å². The van der Waals surface area contributed by atoms with E-state index >= 15 is 0 Å². The predicted octanol–water partition coefficient (Wildman–Crippen LogP) is 2.77. The molecule has 4 nitrogen and oxygen atoms in total. The number of nitrogens with zero attached hydrogens (tertiary/aromatic N) is 3. The summed E-state index contributed by atoms with van der Waals surface area (Å²) in [5.74, 6) is 1.81. The third kappa shape index (κ3) is 3.28. The van der Waals surface area contributed by atoms with Gasteiger partial charge in [-0.3, -0.25) is 4.98 Å². The Kier molecular flexibility index (Phi) is 4.44. The third-order valence-corrected chi connectivity index (χ3v) is 3.06. The van der Waals surface area contributed by atoms with E-state index in [1.54, 1.807) is 6.20 Å². The molecule has 1 N–H and O–H groups in total. The fraction of sp³-hybridized carbons (Fsp3) is 0.400. The molecule has 0 saturated carbocycles. The zero-order valence-electron chi connectivity index (χ0n) is 11.8. The van der Waals surface area contributed by atoms with E-state index in [2.05, 4.69) is 47.1 Å². The van der Waals surface area contributed by atoms with Crippen molar-refractivity contribution < 1.29 is 0 Å². The average Bonchev–Trinajstić information content (AvgIpc) is 2.43. The molecule has 0 radical (unpaired) electrons.